The Morgan fingerprint density at radius 3 is 1.33 bits per heavy atom. The van der Waals surface area contributed by atoms with E-state index in [0.717, 1.165) is 134 Å². The van der Waals surface area contributed by atoms with Crippen molar-refractivity contribution in [3.05, 3.63) is 343 Å². The number of hydrogen-bond donors (Lipinski definition) is 0. The molecule has 4 aliphatic rings. The Morgan fingerprint density at radius 2 is 0.777 bits per heavy atom. The quantitative estimate of drug-likeness (QED) is 0.149. The van der Waals surface area contributed by atoms with E-state index in [9.17, 15) is 0 Å². The average Bonchev–Trinajstić information content (AvgIpc) is 1.32. The van der Waals surface area contributed by atoms with Crippen LogP contribution in [0, 0.1) is 0 Å². The molecule has 5 heteroatoms. The normalized spacial score (nSPS) is 13.6. The Kier molecular flexibility index (Phi) is 11.9. The summed E-state index contributed by atoms with van der Waals surface area (Å²) in [5.74, 6) is 1.69. The molecule has 14 aromatic carbocycles. The van der Waals surface area contributed by atoms with Crippen LogP contribution in [0.15, 0.2) is 320 Å². The number of para-hydroxylation sites is 2. The van der Waals surface area contributed by atoms with Gasteiger partial charge in [-0.3, -0.25) is 0 Å². The van der Waals surface area contributed by atoms with Gasteiger partial charge in [0.1, 0.15) is 22.7 Å². The van der Waals surface area contributed by atoms with Crippen LogP contribution in [0.4, 0.5) is 34.1 Å². The fraction of sp³-hybridized carbons (Fsp3) is 0.0562. The summed E-state index contributed by atoms with van der Waals surface area (Å²) in [6.07, 6.45) is 0. The molecule has 1 spiro atoms. The molecule has 94 heavy (non-hydrogen) atoms. The molecule has 0 radical (unpaired) electrons. The smallest absolute Gasteiger partial charge is 0.252 e. The number of ether oxygens (including phenoxy) is 1. The Hall–Kier alpha value is -11.7. The molecule has 19 rings (SSSR count). The van der Waals surface area contributed by atoms with Gasteiger partial charge in [0.15, 0.2) is 0 Å². The molecule has 0 amide bonds. The second-order valence-electron chi connectivity index (χ2n) is 26.7. The third kappa shape index (κ3) is 8.20. The molecule has 1 aliphatic carbocycles. The highest BCUT2D eigenvalue weighted by Gasteiger charge is 2.53. The molecule has 0 saturated heterocycles. The summed E-state index contributed by atoms with van der Waals surface area (Å²) in [5, 5.41) is 2.17. The van der Waals surface area contributed by atoms with Crippen LogP contribution in [0.5, 0.6) is 11.5 Å². The van der Waals surface area contributed by atoms with Crippen molar-refractivity contribution in [1.29, 1.82) is 0 Å². The molecule has 3 aliphatic heterocycles. The van der Waals surface area contributed by atoms with Crippen molar-refractivity contribution < 1.29 is 9.15 Å². The summed E-state index contributed by atoms with van der Waals surface area (Å²) in [6.45, 7) is 6.77. The predicted molar refractivity (Wildman–Crippen MR) is 391 cm³/mol. The molecule has 0 atom stereocenters. The van der Waals surface area contributed by atoms with Crippen molar-refractivity contribution in [2.45, 2.75) is 31.6 Å². The number of hydrogen-bond acceptors (Lipinski definition) is 4. The van der Waals surface area contributed by atoms with E-state index in [4.69, 9.17) is 9.15 Å². The zero-order chi connectivity index (χ0) is 62.4. The Labute approximate surface area is 548 Å². The molecule has 442 valence electrons. The first kappa shape index (κ1) is 54.1. The fourth-order valence-electron chi connectivity index (χ4n) is 16.1. The Bertz CT molecular complexity index is 5430. The van der Waals surface area contributed by atoms with Crippen LogP contribution in [0.2, 0.25) is 0 Å². The number of rotatable bonds is 7. The monoisotopic (exact) mass is 1200 g/mol. The predicted octanol–water partition coefficient (Wildman–Crippen LogP) is 21.8. The Morgan fingerprint density at radius 1 is 0.309 bits per heavy atom. The fourth-order valence-corrected chi connectivity index (χ4v) is 16.1. The minimum Gasteiger partial charge on any atom is -0.457 e. The topological polar surface area (TPSA) is 28.9 Å². The van der Waals surface area contributed by atoms with E-state index in [0.29, 0.717) is 0 Å². The van der Waals surface area contributed by atoms with Crippen molar-refractivity contribution in [2.75, 3.05) is 9.80 Å². The van der Waals surface area contributed by atoms with E-state index in [1.54, 1.807) is 0 Å². The van der Waals surface area contributed by atoms with Crippen LogP contribution in [0.3, 0.4) is 0 Å². The summed E-state index contributed by atoms with van der Waals surface area (Å²) < 4.78 is 14.1. The molecule has 0 saturated carbocycles. The van der Waals surface area contributed by atoms with Gasteiger partial charge in [-0.05, 0) is 184 Å². The van der Waals surface area contributed by atoms with Gasteiger partial charge in [0.05, 0.1) is 5.41 Å². The van der Waals surface area contributed by atoms with Crippen molar-refractivity contribution in [1.82, 2.24) is 0 Å². The second-order valence-corrected chi connectivity index (χ2v) is 26.7. The van der Waals surface area contributed by atoms with Crippen molar-refractivity contribution >= 4 is 79.2 Å². The molecule has 0 unspecified atom stereocenters. The summed E-state index contributed by atoms with van der Waals surface area (Å²) in [4.78, 5) is 5.21. The van der Waals surface area contributed by atoms with Crippen molar-refractivity contribution in [3.63, 3.8) is 0 Å². The van der Waals surface area contributed by atoms with Gasteiger partial charge < -0.3 is 19.0 Å². The van der Waals surface area contributed by atoms with E-state index in [2.05, 4.69) is 346 Å². The van der Waals surface area contributed by atoms with Crippen LogP contribution >= 0.6 is 0 Å². The summed E-state index contributed by atoms with van der Waals surface area (Å²) in [5.41, 5.74) is 30.8. The van der Waals surface area contributed by atoms with E-state index >= 15 is 0 Å². The van der Waals surface area contributed by atoms with Gasteiger partial charge in [-0.2, -0.15) is 0 Å². The highest BCUT2D eigenvalue weighted by atomic mass is 16.5. The van der Waals surface area contributed by atoms with Crippen LogP contribution < -0.4 is 30.9 Å². The molecule has 1 aromatic heterocycles. The molecule has 15 aromatic rings. The number of benzene rings is 14. The lowest BCUT2D eigenvalue weighted by Gasteiger charge is -2.46. The molecular formula is C89H61BN2O2. The van der Waals surface area contributed by atoms with Crippen LogP contribution in [-0.2, 0) is 10.8 Å². The van der Waals surface area contributed by atoms with E-state index in [-0.39, 0.29) is 12.1 Å². The molecule has 0 bridgehead atoms. The van der Waals surface area contributed by atoms with Crippen LogP contribution in [0.1, 0.15) is 48.6 Å². The SMILES string of the molecule is CC(C)(C)c1ccc2c(c1)N(c1cc(-c3ccccc3)cc(-c3ccccc3)c1)c1cc(-c3ccc4oc5ccccc5c4c3)cc3c1B2c1cc2c(cc1N3c1cc(-c3ccccc3)cc(-c3ccccc3)c1)Oc1ccccc1C21c2ccccc2-c2ccccc21. The van der Waals surface area contributed by atoms with Crippen molar-refractivity contribution in [3.8, 4) is 78.3 Å². The first-order valence-electron chi connectivity index (χ1n) is 32.7. The van der Waals surface area contributed by atoms with E-state index in [1.807, 2.05) is 0 Å². The minimum absolute atomic E-state index is 0.182. The zero-order valence-corrected chi connectivity index (χ0v) is 52.3. The minimum atomic E-state index is -0.709. The van der Waals surface area contributed by atoms with Crippen molar-refractivity contribution in [2.24, 2.45) is 0 Å². The standard InChI is InChI=1S/C89H61BN2O2/c1-88(2,3)66-41-42-77-79(53-66)91(67-46-61(56-24-8-4-9-25-56)44-62(47-67)57-26-10-5-11-27-57)81-51-65(60-40-43-84-72(50-60)71-34-18-22-38-83(71)93-84)52-82-87(81)90(77)78-54-76-86(94-85-39-23-21-37-75(85)89(76)73-35-19-16-32-69(73)70-33-17-20-36-74(70)89)55-80(78)92(82)68-48-63(58-28-12-6-13-29-58)45-64(49-68)59-30-14-7-15-31-59/h4-55H,1-3H3. The largest absolute Gasteiger partial charge is 0.457 e. The van der Waals surface area contributed by atoms with Gasteiger partial charge in [0, 0.05) is 62.1 Å². The Balaban J connectivity index is 0.976. The highest BCUT2D eigenvalue weighted by molar-refractivity contribution is 7.00. The summed E-state index contributed by atoms with van der Waals surface area (Å²) >= 11 is 0. The first-order valence-corrected chi connectivity index (χ1v) is 32.7. The lowest BCUT2D eigenvalue weighted by Crippen LogP contribution is -2.61. The van der Waals surface area contributed by atoms with Gasteiger partial charge in [0.2, 0.25) is 0 Å². The molecule has 0 fully saturated rings. The van der Waals surface area contributed by atoms with Crippen LogP contribution in [-0.4, -0.2) is 6.71 Å². The lowest BCUT2D eigenvalue weighted by atomic mass is 9.33. The van der Waals surface area contributed by atoms with E-state index < -0.39 is 5.41 Å². The molecule has 0 N–H and O–H groups in total. The summed E-state index contributed by atoms with van der Waals surface area (Å²) in [7, 11) is 0. The van der Waals surface area contributed by atoms with Gasteiger partial charge in [-0.1, -0.05) is 251 Å². The molecule has 4 heterocycles. The maximum Gasteiger partial charge on any atom is 0.252 e. The molecule has 4 nitrogen and oxygen atoms in total. The number of nitrogens with zero attached hydrogens (tertiary/aromatic N) is 2. The van der Waals surface area contributed by atoms with Gasteiger partial charge in [0.25, 0.3) is 6.71 Å². The first-order chi connectivity index (χ1) is 46.2. The maximum absolute atomic E-state index is 7.54. The molecular weight excluding hydrogens is 1140 g/mol. The van der Waals surface area contributed by atoms with E-state index in [1.165, 1.54) is 44.2 Å². The maximum atomic E-state index is 7.54. The number of furan rings is 1. The zero-order valence-electron chi connectivity index (χ0n) is 52.3. The third-order valence-corrected chi connectivity index (χ3v) is 20.4. The highest BCUT2D eigenvalue weighted by Crippen LogP contribution is 2.63. The second kappa shape index (κ2) is 20.7. The third-order valence-electron chi connectivity index (χ3n) is 20.4. The van der Waals surface area contributed by atoms with Crippen LogP contribution in [0.25, 0.3) is 88.7 Å². The van der Waals surface area contributed by atoms with Gasteiger partial charge >= 0.3 is 0 Å². The average molecular weight is 1200 g/mol. The number of fused-ring (bicyclic) bond motifs is 16. The lowest BCUT2D eigenvalue weighted by molar-refractivity contribution is 0.437. The summed E-state index contributed by atoms with van der Waals surface area (Å²) in [6, 6.07) is 117. The van der Waals surface area contributed by atoms with Gasteiger partial charge in [-0.25, -0.2) is 0 Å². The van der Waals surface area contributed by atoms with Gasteiger partial charge in [-0.15, -0.1) is 0 Å². The number of anilines is 6.